The third-order valence-electron chi connectivity index (χ3n) is 2.03. The lowest BCUT2D eigenvalue weighted by molar-refractivity contribution is -0.114. The van der Waals surface area contributed by atoms with Gasteiger partial charge in [0.15, 0.2) is 5.78 Å². The quantitative estimate of drug-likeness (QED) is 0.469. The van der Waals surface area contributed by atoms with Crippen molar-refractivity contribution in [1.82, 2.24) is 0 Å². The van der Waals surface area contributed by atoms with Crippen LogP contribution in [0.15, 0.2) is 11.1 Å². The van der Waals surface area contributed by atoms with Crippen LogP contribution in [0.4, 0.5) is 0 Å². The largest absolute Gasteiger partial charge is 0.295 e. The van der Waals surface area contributed by atoms with Gasteiger partial charge in [-0.1, -0.05) is 12.5 Å². The minimum absolute atomic E-state index is 0.368. The lowest BCUT2D eigenvalue weighted by Gasteiger charge is -1.96. The lowest BCUT2D eigenvalue weighted by Crippen LogP contribution is -1.93. The Balaban J connectivity index is 2.83. The Hall–Kier alpha value is -0.590. The van der Waals surface area contributed by atoms with Crippen molar-refractivity contribution < 1.29 is 4.79 Å². The van der Waals surface area contributed by atoms with E-state index in [2.05, 4.69) is 6.92 Å². The second kappa shape index (κ2) is 2.57. The fraction of sp³-hybridized carbons (Fsp3) is 0.667. The zero-order valence-corrected chi connectivity index (χ0v) is 6.90. The van der Waals surface area contributed by atoms with Crippen LogP contribution in [0, 0.1) is 5.92 Å². The van der Waals surface area contributed by atoms with Gasteiger partial charge in [-0.2, -0.15) is 0 Å². The Bertz CT molecular complexity index is 185. The van der Waals surface area contributed by atoms with Crippen molar-refractivity contribution in [2.75, 3.05) is 0 Å². The molecule has 0 heterocycles. The minimum atomic E-state index is 0.368. The molecule has 0 amide bonds. The zero-order chi connectivity index (χ0) is 7.72. The maximum absolute atomic E-state index is 11.2. The first-order chi connectivity index (χ1) is 4.61. The van der Waals surface area contributed by atoms with Crippen LogP contribution in [-0.4, -0.2) is 5.78 Å². The summed E-state index contributed by atoms with van der Waals surface area (Å²) in [6, 6.07) is 0. The topological polar surface area (TPSA) is 17.1 Å². The van der Waals surface area contributed by atoms with Crippen LogP contribution in [0.2, 0.25) is 0 Å². The van der Waals surface area contributed by atoms with E-state index in [9.17, 15) is 4.79 Å². The highest BCUT2D eigenvalue weighted by molar-refractivity contribution is 5.98. The molecule has 1 rings (SSSR count). The highest BCUT2D eigenvalue weighted by Crippen LogP contribution is 2.28. The molecule has 0 aromatic rings. The molecule has 0 aromatic carbocycles. The average Bonchev–Trinajstić information content (AvgIpc) is 2.10. The molecule has 0 aromatic heterocycles. The van der Waals surface area contributed by atoms with Crippen molar-refractivity contribution in [3.05, 3.63) is 11.1 Å². The van der Waals surface area contributed by atoms with Crippen molar-refractivity contribution in [1.29, 1.82) is 0 Å². The fourth-order valence-electron chi connectivity index (χ4n) is 1.46. The van der Waals surface area contributed by atoms with Crippen LogP contribution >= 0.6 is 0 Å². The molecule has 10 heavy (non-hydrogen) atoms. The van der Waals surface area contributed by atoms with Crippen molar-refractivity contribution in [2.24, 2.45) is 5.92 Å². The first-order valence-electron chi connectivity index (χ1n) is 3.81. The van der Waals surface area contributed by atoms with Crippen molar-refractivity contribution in [3.8, 4) is 0 Å². The minimum Gasteiger partial charge on any atom is -0.295 e. The molecule has 56 valence electrons. The summed E-state index contributed by atoms with van der Waals surface area (Å²) in [6.45, 7) is 6.17. The first-order valence-corrected chi connectivity index (χ1v) is 3.81. The number of allylic oxidation sites excluding steroid dienone is 2. The highest BCUT2D eigenvalue weighted by atomic mass is 16.1. The predicted octanol–water partition coefficient (Wildman–Crippen LogP) is 2.32. The smallest absolute Gasteiger partial charge is 0.159 e. The van der Waals surface area contributed by atoms with E-state index < -0.39 is 0 Å². The molecule has 0 spiro atoms. The number of Topliss-reactive ketones (excluding diaryl/α,β-unsaturated/α-hetero) is 1. The molecule has 1 nitrogen and oxygen atoms in total. The summed E-state index contributed by atoms with van der Waals surface area (Å²) < 4.78 is 0. The molecule has 1 fully saturated rings. The maximum atomic E-state index is 11.2. The number of hydrogen-bond acceptors (Lipinski definition) is 1. The number of ketones is 1. The molecule has 0 aliphatic heterocycles. The molecule has 1 aliphatic carbocycles. The SMILES string of the molecule is CC(C)=C1CC(C)CC1=O. The van der Waals surface area contributed by atoms with E-state index in [1.807, 2.05) is 13.8 Å². The van der Waals surface area contributed by atoms with Crippen molar-refractivity contribution >= 4 is 5.78 Å². The zero-order valence-electron chi connectivity index (χ0n) is 6.90. The van der Waals surface area contributed by atoms with E-state index in [0.29, 0.717) is 11.7 Å². The van der Waals surface area contributed by atoms with Gasteiger partial charge in [-0.05, 0) is 31.8 Å². The van der Waals surface area contributed by atoms with Gasteiger partial charge in [0.2, 0.25) is 0 Å². The summed E-state index contributed by atoms with van der Waals surface area (Å²) in [7, 11) is 0. The molecule has 1 aliphatic rings. The van der Waals surface area contributed by atoms with Gasteiger partial charge in [0.05, 0.1) is 0 Å². The number of carbonyl (C=O) groups is 1. The Kier molecular flexibility index (Phi) is 1.93. The molecule has 1 saturated carbocycles. The monoisotopic (exact) mass is 138 g/mol. The van der Waals surface area contributed by atoms with E-state index in [4.69, 9.17) is 0 Å². The van der Waals surface area contributed by atoms with Crippen LogP contribution in [0.5, 0.6) is 0 Å². The summed E-state index contributed by atoms with van der Waals surface area (Å²) in [5.74, 6) is 0.949. The molecule has 0 saturated heterocycles. The highest BCUT2D eigenvalue weighted by Gasteiger charge is 2.23. The summed E-state index contributed by atoms with van der Waals surface area (Å²) in [5, 5.41) is 0. The standard InChI is InChI=1S/C9H14O/c1-6(2)8-4-7(3)5-9(8)10/h7H,4-5H2,1-3H3. The predicted molar refractivity (Wildman–Crippen MR) is 41.8 cm³/mol. The molecule has 1 unspecified atom stereocenters. The average molecular weight is 138 g/mol. The Morgan fingerprint density at radius 3 is 2.20 bits per heavy atom. The normalized spacial score (nSPS) is 25.7. The molecule has 0 radical (unpaired) electrons. The Labute approximate surface area is 62.1 Å². The second-order valence-electron chi connectivity index (χ2n) is 3.42. The van der Waals surface area contributed by atoms with Gasteiger partial charge < -0.3 is 0 Å². The lowest BCUT2D eigenvalue weighted by atomic mass is 10.1. The number of carbonyl (C=O) groups excluding carboxylic acids is 1. The van der Waals surface area contributed by atoms with E-state index in [0.717, 1.165) is 18.4 Å². The first kappa shape index (κ1) is 7.52. The van der Waals surface area contributed by atoms with Crippen LogP contribution in [0.1, 0.15) is 33.6 Å². The fourth-order valence-corrected chi connectivity index (χ4v) is 1.46. The van der Waals surface area contributed by atoms with E-state index in [1.54, 1.807) is 0 Å². The number of rotatable bonds is 0. The molecule has 1 heteroatoms. The van der Waals surface area contributed by atoms with Crippen LogP contribution in [-0.2, 0) is 4.79 Å². The summed E-state index contributed by atoms with van der Waals surface area (Å²) in [5.41, 5.74) is 2.28. The van der Waals surface area contributed by atoms with Gasteiger partial charge in [0, 0.05) is 6.42 Å². The molecule has 0 bridgehead atoms. The van der Waals surface area contributed by atoms with Gasteiger partial charge in [-0.3, -0.25) is 4.79 Å². The van der Waals surface area contributed by atoms with Gasteiger partial charge in [0.25, 0.3) is 0 Å². The second-order valence-corrected chi connectivity index (χ2v) is 3.42. The van der Waals surface area contributed by atoms with Crippen molar-refractivity contribution in [2.45, 2.75) is 33.6 Å². The Morgan fingerprint density at radius 2 is 2.00 bits per heavy atom. The van der Waals surface area contributed by atoms with Crippen LogP contribution in [0.25, 0.3) is 0 Å². The van der Waals surface area contributed by atoms with Gasteiger partial charge >= 0.3 is 0 Å². The molecule has 0 N–H and O–H groups in total. The van der Waals surface area contributed by atoms with Gasteiger partial charge in [0.1, 0.15) is 0 Å². The summed E-state index contributed by atoms with van der Waals surface area (Å²) >= 11 is 0. The van der Waals surface area contributed by atoms with Crippen LogP contribution < -0.4 is 0 Å². The van der Waals surface area contributed by atoms with Gasteiger partial charge in [-0.15, -0.1) is 0 Å². The van der Waals surface area contributed by atoms with E-state index >= 15 is 0 Å². The van der Waals surface area contributed by atoms with Crippen molar-refractivity contribution in [3.63, 3.8) is 0 Å². The third-order valence-corrected chi connectivity index (χ3v) is 2.03. The number of hydrogen-bond donors (Lipinski definition) is 0. The van der Waals surface area contributed by atoms with E-state index in [1.165, 1.54) is 5.57 Å². The maximum Gasteiger partial charge on any atom is 0.159 e. The molecule has 1 atom stereocenters. The Morgan fingerprint density at radius 1 is 1.40 bits per heavy atom. The summed E-state index contributed by atoms with van der Waals surface area (Å²) in [6.07, 6.45) is 1.77. The summed E-state index contributed by atoms with van der Waals surface area (Å²) in [4.78, 5) is 11.2. The van der Waals surface area contributed by atoms with Crippen LogP contribution in [0.3, 0.4) is 0 Å². The van der Waals surface area contributed by atoms with Gasteiger partial charge in [-0.25, -0.2) is 0 Å². The van der Waals surface area contributed by atoms with E-state index in [-0.39, 0.29) is 0 Å². The molecular formula is C9H14O. The third kappa shape index (κ3) is 1.28. The molecular weight excluding hydrogens is 124 g/mol.